The zero-order valence-corrected chi connectivity index (χ0v) is 17.3. The second kappa shape index (κ2) is 8.17. The second-order valence-electron chi connectivity index (χ2n) is 7.45. The van der Waals surface area contributed by atoms with E-state index in [9.17, 15) is 9.59 Å². The lowest BCUT2D eigenvalue weighted by Gasteiger charge is -2.29. The summed E-state index contributed by atoms with van der Waals surface area (Å²) in [5.41, 5.74) is 2.71. The summed E-state index contributed by atoms with van der Waals surface area (Å²) in [6.45, 7) is 2.13. The number of halogens is 1. The van der Waals surface area contributed by atoms with Gasteiger partial charge in [0.15, 0.2) is 0 Å². The van der Waals surface area contributed by atoms with Crippen LogP contribution in [-0.4, -0.2) is 27.6 Å². The predicted octanol–water partition coefficient (Wildman–Crippen LogP) is 3.91. The SMILES string of the molecule is C[C@@H]1CCCC[C@H]1NC(=O)C(=O)Nc1c2c(nn1-c1ccc(Cl)cc1)CSC2. The van der Waals surface area contributed by atoms with Gasteiger partial charge < -0.3 is 10.6 Å². The Morgan fingerprint density at radius 1 is 1.14 bits per heavy atom. The first-order chi connectivity index (χ1) is 13.5. The number of hydrogen-bond acceptors (Lipinski definition) is 4. The van der Waals surface area contributed by atoms with Crippen LogP contribution in [0.15, 0.2) is 24.3 Å². The molecule has 4 rings (SSSR count). The topological polar surface area (TPSA) is 76.0 Å². The second-order valence-corrected chi connectivity index (χ2v) is 8.87. The van der Waals surface area contributed by atoms with Gasteiger partial charge in [-0.2, -0.15) is 16.9 Å². The zero-order valence-electron chi connectivity index (χ0n) is 15.7. The lowest BCUT2D eigenvalue weighted by molar-refractivity contribution is -0.137. The molecule has 2 amide bonds. The van der Waals surface area contributed by atoms with Gasteiger partial charge in [0.05, 0.1) is 11.4 Å². The summed E-state index contributed by atoms with van der Waals surface area (Å²) < 4.78 is 1.69. The van der Waals surface area contributed by atoms with E-state index in [1.807, 2.05) is 12.1 Å². The molecule has 1 aliphatic heterocycles. The number of benzene rings is 1. The summed E-state index contributed by atoms with van der Waals surface area (Å²) in [6.07, 6.45) is 4.28. The van der Waals surface area contributed by atoms with E-state index in [1.54, 1.807) is 28.6 Å². The highest BCUT2D eigenvalue weighted by atomic mass is 35.5. The van der Waals surface area contributed by atoms with Crippen molar-refractivity contribution < 1.29 is 9.59 Å². The molecule has 6 nitrogen and oxygen atoms in total. The van der Waals surface area contributed by atoms with Crippen molar-refractivity contribution in [3.63, 3.8) is 0 Å². The molecule has 0 spiro atoms. The molecular formula is C20H23ClN4O2S. The van der Waals surface area contributed by atoms with Crippen molar-refractivity contribution in [2.75, 3.05) is 5.32 Å². The smallest absolute Gasteiger partial charge is 0.314 e. The molecule has 0 bridgehead atoms. The number of thioether (sulfide) groups is 1. The first-order valence-corrected chi connectivity index (χ1v) is 11.1. The van der Waals surface area contributed by atoms with E-state index >= 15 is 0 Å². The van der Waals surface area contributed by atoms with Crippen LogP contribution < -0.4 is 10.6 Å². The molecule has 2 aliphatic rings. The van der Waals surface area contributed by atoms with Crippen molar-refractivity contribution in [3.8, 4) is 5.69 Å². The van der Waals surface area contributed by atoms with Gasteiger partial charge in [0.25, 0.3) is 0 Å². The summed E-state index contributed by atoms with van der Waals surface area (Å²) in [4.78, 5) is 25.1. The maximum Gasteiger partial charge on any atom is 0.314 e. The van der Waals surface area contributed by atoms with Gasteiger partial charge in [0.2, 0.25) is 0 Å². The molecule has 148 valence electrons. The summed E-state index contributed by atoms with van der Waals surface area (Å²) in [5.74, 6) is 1.30. The van der Waals surface area contributed by atoms with Crippen LogP contribution in [-0.2, 0) is 21.1 Å². The molecule has 2 aromatic rings. The molecule has 28 heavy (non-hydrogen) atoms. The Balaban J connectivity index is 1.54. The van der Waals surface area contributed by atoms with Crippen molar-refractivity contribution in [3.05, 3.63) is 40.5 Å². The standard InChI is InChI=1S/C20H23ClN4O2S/c1-12-4-2-3-5-16(12)22-19(26)20(27)23-18-15-10-28-11-17(15)24-25(18)14-8-6-13(21)7-9-14/h6-9,12,16H,2-5,10-11H2,1H3,(H,22,26)(H,23,27)/t12-,16-/m1/s1. The van der Waals surface area contributed by atoms with E-state index in [-0.39, 0.29) is 6.04 Å². The Morgan fingerprint density at radius 2 is 1.89 bits per heavy atom. The minimum Gasteiger partial charge on any atom is -0.345 e. The molecule has 0 saturated heterocycles. The average molecular weight is 419 g/mol. The first-order valence-electron chi connectivity index (χ1n) is 9.59. The predicted molar refractivity (Wildman–Crippen MR) is 112 cm³/mol. The Kier molecular flexibility index (Phi) is 5.64. The van der Waals surface area contributed by atoms with E-state index in [0.29, 0.717) is 16.8 Å². The number of nitrogens with one attached hydrogen (secondary N) is 2. The molecule has 0 radical (unpaired) electrons. The van der Waals surface area contributed by atoms with Crippen molar-refractivity contribution in [1.29, 1.82) is 0 Å². The van der Waals surface area contributed by atoms with Crippen LogP contribution in [0.4, 0.5) is 5.82 Å². The number of hydrogen-bond donors (Lipinski definition) is 2. The van der Waals surface area contributed by atoms with E-state index in [4.69, 9.17) is 11.6 Å². The summed E-state index contributed by atoms with van der Waals surface area (Å²) >= 11 is 7.73. The Hall–Kier alpha value is -1.99. The van der Waals surface area contributed by atoms with E-state index in [0.717, 1.165) is 47.7 Å². The number of nitrogens with zero attached hydrogens (tertiary/aromatic N) is 2. The van der Waals surface area contributed by atoms with E-state index < -0.39 is 11.8 Å². The average Bonchev–Trinajstić information content (AvgIpc) is 3.27. The van der Waals surface area contributed by atoms with Gasteiger partial charge in [-0.05, 0) is 43.0 Å². The monoisotopic (exact) mass is 418 g/mol. The fourth-order valence-corrected chi connectivity index (χ4v) is 5.00. The van der Waals surface area contributed by atoms with Crippen LogP contribution in [0.2, 0.25) is 5.02 Å². The van der Waals surface area contributed by atoms with Crippen molar-refractivity contribution in [2.24, 2.45) is 5.92 Å². The number of fused-ring (bicyclic) bond motifs is 1. The van der Waals surface area contributed by atoms with Gasteiger partial charge in [-0.15, -0.1) is 0 Å². The molecule has 1 saturated carbocycles. The molecular weight excluding hydrogens is 396 g/mol. The van der Waals surface area contributed by atoms with Crippen LogP contribution in [0.25, 0.3) is 5.69 Å². The van der Waals surface area contributed by atoms with Gasteiger partial charge in [0, 0.05) is 28.1 Å². The normalized spacial score (nSPS) is 21.2. The van der Waals surface area contributed by atoms with Crippen molar-refractivity contribution in [1.82, 2.24) is 15.1 Å². The molecule has 0 unspecified atom stereocenters. The molecule has 1 aromatic carbocycles. The number of aromatic nitrogens is 2. The van der Waals surface area contributed by atoms with Crippen LogP contribution in [0.5, 0.6) is 0 Å². The van der Waals surface area contributed by atoms with Gasteiger partial charge in [0.1, 0.15) is 5.82 Å². The van der Waals surface area contributed by atoms with E-state index in [1.165, 1.54) is 6.42 Å². The Labute approximate surface area is 173 Å². The highest BCUT2D eigenvalue weighted by Crippen LogP contribution is 2.36. The summed E-state index contributed by atoms with van der Waals surface area (Å²) in [6, 6.07) is 7.31. The van der Waals surface area contributed by atoms with Gasteiger partial charge >= 0.3 is 11.8 Å². The van der Waals surface area contributed by atoms with Gasteiger partial charge in [-0.3, -0.25) is 9.59 Å². The third-order valence-electron chi connectivity index (χ3n) is 5.49. The van der Waals surface area contributed by atoms with Gasteiger partial charge in [-0.25, -0.2) is 4.68 Å². The maximum atomic E-state index is 12.6. The molecule has 2 N–H and O–H groups in total. The lowest BCUT2D eigenvalue weighted by atomic mass is 9.86. The molecule has 1 fully saturated rings. The highest BCUT2D eigenvalue weighted by molar-refractivity contribution is 7.98. The third kappa shape index (κ3) is 3.91. The number of rotatable bonds is 3. The largest absolute Gasteiger partial charge is 0.345 e. The van der Waals surface area contributed by atoms with Gasteiger partial charge in [-0.1, -0.05) is 31.4 Å². The molecule has 2 atom stereocenters. The number of carbonyl (C=O) groups is 2. The van der Waals surface area contributed by atoms with E-state index in [2.05, 4.69) is 22.7 Å². The molecule has 1 aromatic heterocycles. The maximum absolute atomic E-state index is 12.6. The van der Waals surface area contributed by atoms with Crippen LogP contribution in [0, 0.1) is 5.92 Å². The minimum absolute atomic E-state index is 0.0643. The number of amides is 2. The number of anilines is 1. The molecule has 8 heteroatoms. The molecule has 2 heterocycles. The van der Waals surface area contributed by atoms with Crippen molar-refractivity contribution in [2.45, 2.75) is 50.2 Å². The lowest BCUT2D eigenvalue weighted by Crippen LogP contribution is -2.46. The third-order valence-corrected chi connectivity index (χ3v) is 6.71. The Morgan fingerprint density at radius 3 is 2.64 bits per heavy atom. The fourth-order valence-electron chi connectivity index (χ4n) is 3.84. The van der Waals surface area contributed by atoms with Crippen LogP contribution >= 0.6 is 23.4 Å². The van der Waals surface area contributed by atoms with Crippen LogP contribution in [0.1, 0.15) is 43.9 Å². The number of carbonyl (C=O) groups excluding carboxylic acids is 2. The zero-order chi connectivity index (χ0) is 19.7. The fraction of sp³-hybridized carbons (Fsp3) is 0.450. The molecule has 1 aliphatic carbocycles. The first kappa shape index (κ1) is 19.3. The summed E-state index contributed by atoms with van der Waals surface area (Å²) in [5, 5.41) is 11.0. The van der Waals surface area contributed by atoms with Crippen LogP contribution in [0.3, 0.4) is 0 Å². The van der Waals surface area contributed by atoms with Crippen molar-refractivity contribution >= 4 is 41.0 Å². The summed E-state index contributed by atoms with van der Waals surface area (Å²) in [7, 11) is 0. The quantitative estimate of drug-likeness (QED) is 0.741. The highest BCUT2D eigenvalue weighted by Gasteiger charge is 2.29. The minimum atomic E-state index is -0.646. The Bertz CT molecular complexity index is 896.